The average Bonchev–Trinajstić information content (AvgIpc) is 2.57. The summed E-state index contributed by atoms with van der Waals surface area (Å²) in [6.45, 7) is 0. The van der Waals surface area contributed by atoms with E-state index in [4.69, 9.17) is 5.48 Å². The molecule has 0 aliphatic carbocycles. The summed E-state index contributed by atoms with van der Waals surface area (Å²) < 4.78 is 33.0. The topological polar surface area (TPSA) is 40.5 Å². The van der Waals surface area contributed by atoms with Crippen LogP contribution in [0.4, 0.5) is 0 Å². The molecule has 0 spiro atoms. The highest BCUT2D eigenvalue weighted by atomic mass is 16.3. The molecule has 98 valence electrons. The fraction of sp³-hybridized carbons (Fsp3) is 0. The van der Waals surface area contributed by atoms with Crippen molar-refractivity contribution >= 4 is 0 Å². The third kappa shape index (κ3) is 2.50. The molecule has 0 heterocycles. The smallest absolute Gasteiger partial charge is 0.115 e. The third-order valence-corrected chi connectivity index (χ3v) is 2.94. The van der Waals surface area contributed by atoms with Crippen LogP contribution >= 0.6 is 0 Å². The monoisotopic (exact) mass is 266 g/mol. The Morgan fingerprint density at radius 3 is 1.10 bits per heavy atom. The number of rotatable bonds is 2. The van der Waals surface area contributed by atoms with E-state index in [1.165, 1.54) is 24.3 Å². The Kier molecular flexibility index (Phi) is 2.15. The van der Waals surface area contributed by atoms with Gasteiger partial charge in [0.2, 0.25) is 0 Å². The first kappa shape index (κ1) is 8.43. The van der Waals surface area contributed by atoms with Gasteiger partial charge in [0.25, 0.3) is 0 Å². The summed E-state index contributed by atoms with van der Waals surface area (Å²) in [5.74, 6) is 0.129. The van der Waals surface area contributed by atoms with E-state index >= 15 is 0 Å². The van der Waals surface area contributed by atoms with Crippen LogP contribution in [0.1, 0.15) is 5.48 Å². The lowest BCUT2D eigenvalue weighted by atomic mass is 10.0. The molecule has 2 nitrogen and oxygen atoms in total. The molecule has 0 fully saturated rings. The summed E-state index contributed by atoms with van der Waals surface area (Å²) in [6.07, 6.45) is 0. The van der Waals surface area contributed by atoms with Crippen molar-refractivity contribution in [2.24, 2.45) is 0 Å². The fourth-order valence-electron chi connectivity index (χ4n) is 1.86. The van der Waals surface area contributed by atoms with Crippen molar-refractivity contribution in [2.45, 2.75) is 0 Å². The van der Waals surface area contributed by atoms with Crippen LogP contribution in [-0.4, -0.2) is 10.2 Å². The summed E-state index contributed by atoms with van der Waals surface area (Å²) >= 11 is 0. The molecule has 2 N–H and O–H groups in total. The van der Waals surface area contributed by atoms with E-state index in [0.29, 0.717) is 11.1 Å². The zero-order chi connectivity index (χ0) is 17.4. The lowest BCUT2D eigenvalue weighted by molar-refractivity contribution is 0.475. The summed E-state index contributed by atoms with van der Waals surface area (Å²) in [4.78, 5) is 0. The van der Waals surface area contributed by atoms with Crippen molar-refractivity contribution in [1.29, 1.82) is 0 Å². The second kappa shape index (κ2) is 5.10. The standard InChI is InChI=1S/C18H14O2/c19-17-9-5-15(6-10-17)13-1-2-14(4-3-13)16-7-11-18(20)12-8-16/h1-12,19-20H/i1D,2D,3D,4D. The van der Waals surface area contributed by atoms with E-state index in [9.17, 15) is 10.2 Å². The van der Waals surface area contributed by atoms with Crippen molar-refractivity contribution in [3.8, 4) is 33.8 Å². The van der Waals surface area contributed by atoms with Crippen LogP contribution in [0.25, 0.3) is 22.3 Å². The molecule has 0 saturated heterocycles. The Morgan fingerprint density at radius 2 is 0.800 bits per heavy atom. The predicted molar refractivity (Wildman–Crippen MR) is 80.6 cm³/mol. The first-order valence-corrected chi connectivity index (χ1v) is 6.09. The van der Waals surface area contributed by atoms with E-state index in [0.717, 1.165) is 0 Å². The highest BCUT2D eigenvalue weighted by Crippen LogP contribution is 2.26. The van der Waals surface area contributed by atoms with Gasteiger partial charge in [-0.2, -0.15) is 0 Å². The maximum atomic E-state index is 9.38. The van der Waals surface area contributed by atoms with E-state index in [1.807, 2.05) is 0 Å². The molecule has 0 saturated carbocycles. The van der Waals surface area contributed by atoms with Crippen LogP contribution in [0.15, 0.2) is 72.7 Å². The molecule has 0 aromatic heterocycles. The largest absolute Gasteiger partial charge is 0.508 e. The maximum absolute atomic E-state index is 9.38. The molecular weight excluding hydrogens is 248 g/mol. The van der Waals surface area contributed by atoms with Gasteiger partial charge in [0, 0.05) is 0 Å². The van der Waals surface area contributed by atoms with E-state index in [1.54, 1.807) is 24.3 Å². The number of phenolic OH excluding ortho intramolecular Hbond substituents is 2. The van der Waals surface area contributed by atoms with E-state index in [2.05, 4.69) is 0 Å². The van der Waals surface area contributed by atoms with Crippen molar-refractivity contribution in [2.75, 3.05) is 0 Å². The Hall–Kier alpha value is -2.74. The van der Waals surface area contributed by atoms with Crippen molar-refractivity contribution in [3.63, 3.8) is 0 Å². The van der Waals surface area contributed by atoms with Gasteiger partial charge in [0.1, 0.15) is 11.5 Å². The van der Waals surface area contributed by atoms with Gasteiger partial charge in [-0.1, -0.05) is 48.4 Å². The molecule has 2 heteroatoms. The molecule has 0 radical (unpaired) electrons. The predicted octanol–water partition coefficient (Wildman–Crippen LogP) is 4.43. The molecular formula is C18H14O2. The molecule has 0 atom stereocenters. The maximum Gasteiger partial charge on any atom is 0.115 e. The molecule has 3 rings (SSSR count). The molecule has 0 unspecified atom stereocenters. The Bertz CT molecular complexity index is 798. The van der Waals surface area contributed by atoms with Gasteiger partial charge in [-0.25, -0.2) is 0 Å². The summed E-state index contributed by atoms with van der Waals surface area (Å²) in [5, 5.41) is 18.8. The number of aromatic hydroxyl groups is 2. The van der Waals surface area contributed by atoms with Gasteiger partial charge in [-0.05, 0) is 46.5 Å². The number of hydrogen-bond acceptors (Lipinski definition) is 2. The molecule has 0 aliphatic heterocycles. The molecule has 0 amide bonds. The van der Waals surface area contributed by atoms with Gasteiger partial charge in [0.15, 0.2) is 0 Å². The molecule has 0 aliphatic rings. The highest BCUT2D eigenvalue weighted by Gasteiger charge is 2.00. The quantitative estimate of drug-likeness (QED) is 0.720. The first-order valence-electron chi connectivity index (χ1n) is 8.09. The molecule has 0 bridgehead atoms. The van der Waals surface area contributed by atoms with Crippen molar-refractivity contribution < 1.29 is 15.7 Å². The van der Waals surface area contributed by atoms with Crippen LogP contribution in [0.3, 0.4) is 0 Å². The van der Waals surface area contributed by atoms with Gasteiger partial charge in [-0.15, -0.1) is 0 Å². The van der Waals surface area contributed by atoms with Gasteiger partial charge >= 0.3 is 0 Å². The number of benzene rings is 3. The average molecular weight is 266 g/mol. The van der Waals surface area contributed by atoms with Crippen LogP contribution in [0.2, 0.25) is 0 Å². The zero-order valence-electron chi connectivity index (χ0n) is 14.5. The summed E-state index contributed by atoms with van der Waals surface area (Å²) in [5.41, 5.74) is 1.38. The minimum absolute atomic E-state index is 0.0646. The van der Waals surface area contributed by atoms with Crippen LogP contribution in [-0.2, 0) is 0 Å². The van der Waals surface area contributed by atoms with E-state index < -0.39 is 0 Å². The Balaban J connectivity index is 2.26. The fourth-order valence-corrected chi connectivity index (χ4v) is 1.86. The van der Waals surface area contributed by atoms with Gasteiger partial charge in [0.05, 0.1) is 5.48 Å². The highest BCUT2D eigenvalue weighted by molar-refractivity contribution is 5.70. The Morgan fingerprint density at radius 1 is 0.500 bits per heavy atom. The molecule has 3 aromatic rings. The number of hydrogen-bond donors (Lipinski definition) is 2. The van der Waals surface area contributed by atoms with E-state index in [-0.39, 0.29) is 46.8 Å². The normalized spacial score (nSPS) is 13.2. The minimum Gasteiger partial charge on any atom is -0.508 e. The lowest BCUT2D eigenvalue weighted by Gasteiger charge is -2.05. The van der Waals surface area contributed by atoms with Crippen molar-refractivity contribution in [1.82, 2.24) is 0 Å². The molecule has 3 aromatic carbocycles. The first-order chi connectivity index (χ1) is 11.4. The van der Waals surface area contributed by atoms with Gasteiger partial charge < -0.3 is 10.2 Å². The zero-order valence-corrected chi connectivity index (χ0v) is 10.5. The van der Waals surface area contributed by atoms with Crippen LogP contribution < -0.4 is 0 Å². The van der Waals surface area contributed by atoms with Crippen LogP contribution in [0.5, 0.6) is 11.5 Å². The second-order valence-corrected chi connectivity index (χ2v) is 4.34. The van der Waals surface area contributed by atoms with Crippen LogP contribution in [0, 0.1) is 0 Å². The third-order valence-electron chi connectivity index (χ3n) is 2.94. The summed E-state index contributed by atoms with van der Waals surface area (Å²) in [7, 11) is 0. The van der Waals surface area contributed by atoms with Gasteiger partial charge in [-0.3, -0.25) is 0 Å². The Labute approximate surface area is 123 Å². The number of phenols is 2. The minimum atomic E-state index is -0.148. The lowest BCUT2D eigenvalue weighted by Crippen LogP contribution is -1.80. The summed E-state index contributed by atoms with van der Waals surface area (Å²) in [6, 6.07) is 11.4. The van der Waals surface area contributed by atoms with Crippen molar-refractivity contribution in [3.05, 3.63) is 72.7 Å². The molecule has 20 heavy (non-hydrogen) atoms. The second-order valence-electron chi connectivity index (χ2n) is 4.34. The SMILES string of the molecule is [2H]c1c([2H])c(-c2ccc(O)cc2)c([2H])c([2H])c1-c1ccc(O)cc1.